The summed E-state index contributed by atoms with van der Waals surface area (Å²) >= 11 is 0. The van der Waals surface area contributed by atoms with Gasteiger partial charge in [-0.2, -0.15) is 0 Å². The Balaban J connectivity index is 1.37. The molecule has 4 rings (SSSR count). The molecule has 94 heavy (non-hydrogen) atoms. The maximum absolute atomic E-state index is 14.8. The monoisotopic (exact) mass is 1320 g/mol. The number of carbonyl (C=O) groups excluding carboxylic acids is 11. The van der Waals surface area contributed by atoms with Gasteiger partial charge in [0, 0.05) is 72.2 Å². The predicted octanol–water partition coefficient (Wildman–Crippen LogP) is 5.08. The number of hydrogen-bond acceptors (Lipinski definition) is 15. The van der Waals surface area contributed by atoms with Crippen molar-refractivity contribution in [3.63, 3.8) is 0 Å². The molecule has 12 amide bonds. The van der Waals surface area contributed by atoms with Gasteiger partial charge in [0.05, 0.1) is 48.8 Å². The molecule has 9 N–H and O–H groups in total. The second-order valence-corrected chi connectivity index (χ2v) is 25.8. The molecule has 26 nitrogen and oxygen atoms in total. The minimum Gasteiger partial charge on any atom is -0.445 e. The van der Waals surface area contributed by atoms with Gasteiger partial charge in [-0.25, -0.2) is 9.59 Å². The molecule has 0 aliphatic carbocycles. The smallest absolute Gasteiger partial charge is 0.410 e. The van der Waals surface area contributed by atoms with Crippen molar-refractivity contribution in [1.82, 2.24) is 46.2 Å². The van der Waals surface area contributed by atoms with Gasteiger partial charge in [-0.05, 0) is 92.4 Å². The number of carbonyl (C=O) groups is 11. The second kappa shape index (κ2) is 38.4. The van der Waals surface area contributed by atoms with Gasteiger partial charge in [0.15, 0.2) is 0 Å². The molecule has 2 aliphatic heterocycles. The van der Waals surface area contributed by atoms with Crippen molar-refractivity contribution >= 4 is 71.0 Å². The van der Waals surface area contributed by atoms with Crippen LogP contribution in [0.5, 0.6) is 0 Å². The molecule has 522 valence electrons. The van der Waals surface area contributed by atoms with E-state index in [4.69, 9.17) is 19.9 Å². The van der Waals surface area contributed by atoms with E-state index in [1.165, 1.54) is 38.3 Å². The number of urea groups is 1. The number of aliphatic hydroxyl groups is 1. The third-order valence-corrected chi connectivity index (χ3v) is 17.7. The van der Waals surface area contributed by atoms with Crippen LogP contribution < -0.4 is 37.6 Å². The highest BCUT2D eigenvalue weighted by atomic mass is 16.6. The minimum atomic E-state index is -1.11. The van der Waals surface area contributed by atoms with Crippen LogP contribution in [-0.4, -0.2) is 192 Å². The normalized spacial score (nSPS) is 17.4. The van der Waals surface area contributed by atoms with Gasteiger partial charge >= 0.3 is 12.1 Å². The maximum atomic E-state index is 14.8. The molecule has 2 aromatic carbocycles. The van der Waals surface area contributed by atoms with E-state index >= 15 is 0 Å². The molecule has 2 aromatic rings. The Morgan fingerprint density at radius 2 is 1.35 bits per heavy atom. The lowest BCUT2D eigenvalue weighted by Crippen LogP contribution is -2.60. The van der Waals surface area contributed by atoms with Gasteiger partial charge in [-0.15, -0.1) is 0 Å². The van der Waals surface area contributed by atoms with E-state index in [1.54, 1.807) is 109 Å². The summed E-state index contributed by atoms with van der Waals surface area (Å²) in [7, 11) is 6.08. The van der Waals surface area contributed by atoms with E-state index in [2.05, 4.69) is 31.9 Å². The first-order chi connectivity index (χ1) is 44.5. The minimum absolute atomic E-state index is 0.0841. The molecule has 0 spiro atoms. The summed E-state index contributed by atoms with van der Waals surface area (Å²) in [6.07, 6.45) is 2.94. The molecule has 26 heteroatoms. The van der Waals surface area contributed by atoms with Crippen molar-refractivity contribution < 1.29 is 72.1 Å². The van der Waals surface area contributed by atoms with Crippen molar-refractivity contribution in [3.8, 4) is 0 Å². The molecule has 1 fully saturated rings. The molecule has 0 aromatic heterocycles. The molecule has 2 aliphatic rings. The summed E-state index contributed by atoms with van der Waals surface area (Å²) in [5, 5.41) is 27.6. The van der Waals surface area contributed by atoms with E-state index < -0.39 is 114 Å². The zero-order chi connectivity index (χ0) is 70.1. The first-order valence-corrected chi connectivity index (χ1v) is 32.9. The van der Waals surface area contributed by atoms with Crippen LogP contribution >= 0.6 is 0 Å². The van der Waals surface area contributed by atoms with Crippen LogP contribution in [0.1, 0.15) is 151 Å². The average molecular weight is 1320 g/mol. The van der Waals surface area contributed by atoms with Crippen molar-refractivity contribution in [2.45, 2.75) is 201 Å². The van der Waals surface area contributed by atoms with Crippen LogP contribution in [0.4, 0.5) is 15.3 Å². The molecule has 2 heterocycles. The molecular weight excluding hydrogens is 1210 g/mol. The molecular formula is C68H105N11O15. The number of ether oxygens (including phenoxy) is 3. The summed E-state index contributed by atoms with van der Waals surface area (Å²) in [5.41, 5.74) is 6.77. The van der Waals surface area contributed by atoms with Crippen LogP contribution in [0.3, 0.4) is 0 Å². The van der Waals surface area contributed by atoms with Crippen molar-refractivity contribution in [2.24, 2.45) is 35.3 Å². The predicted molar refractivity (Wildman–Crippen MR) is 353 cm³/mol. The standard InChI is InChI=1S/C68H105N11O15/c1-15-43(8)59(51(92-13)38-55(83)78-37-23-27-50(78)61(93-14)44(9)62(85)71-45(10)60(84)47-24-18-16-19-25-47)76(11)66(89)57(41(4)5)75-65(88)58(42(6)7)77(12)68(91)94-39-46-29-31-48(32-30-46)72-63(86)49(26-22-35-70-67(69)90)73-64(87)56(40(2)3)74-52(80)28-20-17-21-36-79-53(81)33-34-54(79)82/h16,18-19,24-25,29-34,40-45,49-51,56-61,84H,15,17,20-23,26-28,35-39H2,1-14H3,(H,71,85)(H,72,86)(H,73,87)(H,74,80)(H,75,88)(H3,69,70,90)/t43?,44-,45?,49+,50?,51?,56?,57+,58?,59?,60?,61?/m1/s1. The fraction of sp³-hybridized carbons (Fsp3) is 0.632. The summed E-state index contributed by atoms with van der Waals surface area (Å²) in [5.74, 6) is -6.02. The van der Waals surface area contributed by atoms with E-state index in [9.17, 15) is 57.8 Å². The van der Waals surface area contributed by atoms with Crippen molar-refractivity contribution in [3.05, 3.63) is 77.9 Å². The van der Waals surface area contributed by atoms with Crippen LogP contribution in [0, 0.1) is 29.6 Å². The van der Waals surface area contributed by atoms with E-state index in [1.807, 2.05) is 32.0 Å². The topological polar surface area (TPSA) is 347 Å². The van der Waals surface area contributed by atoms with Crippen LogP contribution in [-0.2, 0) is 64.0 Å². The SMILES string of the molecule is CCC(C)C(C(CC(=O)N1CCCC1C(OC)[C@@H](C)C(=O)NC(C)C(O)c1ccccc1)OC)N(C)C(=O)[C@@H](NC(=O)C(C(C)C)N(C)C(=O)OCc1ccc(NC(=O)[C@H](CCCNC(N)=O)NC(=O)C(NC(=O)CCCCCN2C(=O)C=CC2=O)C(C)C)cc1)C(C)C. The quantitative estimate of drug-likeness (QED) is 0.0321. The second-order valence-electron chi connectivity index (χ2n) is 25.8. The molecule has 0 saturated carbocycles. The number of unbranched alkanes of at least 4 members (excludes halogenated alkanes) is 2. The number of likely N-dealkylation sites (tertiary alicyclic amines) is 1. The summed E-state index contributed by atoms with van der Waals surface area (Å²) in [6.45, 7) is 18.6. The Kier molecular flexibility index (Phi) is 32.1. The van der Waals surface area contributed by atoms with Crippen LogP contribution in [0.2, 0.25) is 0 Å². The summed E-state index contributed by atoms with van der Waals surface area (Å²) < 4.78 is 17.7. The lowest BCUT2D eigenvalue weighted by atomic mass is 9.89. The molecule has 0 bridgehead atoms. The van der Waals surface area contributed by atoms with Gasteiger partial charge in [0.25, 0.3) is 11.8 Å². The van der Waals surface area contributed by atoms with E-state index in [-0.39, 0.29) is 86.8 Å². The number of imide groups is 1. The maximum Gasteiger partial charge on any atom is 0.410 e. The largest absolute Gasteiger partial charge is 0.445 e. The number of nitrogens with one attached hydrogen (secondary N) is 6. The highest BCUT2D eigenvalue weighted by Crippen LogP contribution is 2.31. The Hall–Kier alpha value is -7.97. The Morgan fingerprint density at radius 1 is 0.713 bits per heavy atom. The van der Waals surface area contributed by atoms with Crippen LogP contribution in [0.25, 0.3) is 0 Å². The lowest BCUT2D eigenvalue weighted by molar-refractivity contribution is -0.148. The average Bonchev–Trinajstić information content (AvgIpc) is 1.33. The highest BCUT2D eigenvalue weighted by Gasteiger charge is 2.44. The molecule has 0 radical (unpaired) electrons. The van der Waals surface area contributed by atoms with Gasteiger partial charge in [0.1, 0.15) is 30.8 Å². The number of aliphatic hydroxyl groups excluding tert-OH is 1. The van der Waals surface area contributed by atoms with Crippen molar-refractivity contribution in [1.29, 1.82) is 0 Å². The number of primary amides is 1. The Morgan fingerprint density at radius 3 is 1.93 bits per heavy atom. The molecule has 1 saturated heterocycles. The zero-order valence-electron chi connectivity index (χ0n) is 57.4. The molecule has 9 unspecified atom stereocenters. The zero-order valence-corrected chi connectivity index (χ0v) is 57.4. The Bertz CT molecular complexity index is 2880. The van der Waals surface area contributed by atoms with Crippen LogP contribution in [0.15, 0.2) is 66.7 Å². The number of hydrogen-bond donors (Lipinski definition) is 8. The highest BCUT2D eigenvalue weighted by molar-refractivity contribution is 6.12. The van der Waals surface area contributed by atoms with Gasteiger partial charge in [0.2, 0.25) is 41.4 Å². The van der Waals surface area contributed by atoms with Crippen molar-refractivity contribution in [2.75, 3.05) is 53.3 Å². The number of anilines is 1. The summed E-state index contributed by atoms with van der Waals surface area (Å²) in [6, 6.07) is 8.74. The third kappa shape index (κ3) is 22.9. The number of methoxy groups -OCH3 is 2. The Labute approximate surface area is 554 Å². The van der Waals surface area contributed by atoms with E-state index in [0.717, 1.165) is 4.90 Å². The number of amides is 12. The van der Waals surface area contributed by atoms with Gasteiger partial charge < -0.3 is 66.8 Å². The first kappa shape index (κ1) is 78.5. The fourth-order valence-corrected chi connectivity index (χ4v) is 12.1. The number of nitrogens with two attached hydrogens (primary N) is 1. The lowest BCUT2D eigenvalue weighted by Gasteiger charge is -2.41. The third-order valence-electron chi connectivity index (χ3n) is 17.7. The number of benzene rings is 2. The van der Waals surface area contributed by atoms with Gasteiger partial charge in [-0.3, -0.25) is 53.0 Å². The number of nitrogens with zero attached hydrogens (tertiary/aromatic N) is 4. The number of likely N-dealkylation sites (N-methyl/N-ethyl adjacent to an activating group) is 2. The number of rotatable bonds is 38. The first-order valence-electron chi connectivity index (χ1n) is 32.9. The molecule has 12 atom stereocenters. The van der Waals surface area contributed by atoms with E-state index in [0.29, 0.717) is 61.9 Å². The fourth-order valence-electron chi connectivity index (χ4n) is 12.1. The summed E-state index contributed by atoms with van der Waals surface area (Å²) in [4.78, 5) is 152. The van der Waals surface area contributed by atoms with Gasteiger partial charge in [-0.1, -0.05) is 118 Å².